The predicted octanol–water partition coefficient (Wildman–Crippen LogP) is 2.40. The molecule has 0 spiro atoms. The first-order valence-electron chi connectivity index (χ1n) is 5.37. The van der Waals surface area contributed by atoms with Gasteiger partial charge in [-0.2, -0.15) is 11.8 Å². The van der Waals surface area contributed by atoms with Gasteiger partial charge in [-0.1, -0.05) is 6.58 Å². The summed E-state index contributed by atoms with van der Waals surface area (Å²) >= 11 is 1.73. The van der Waals surface area contributed by atoms with Crippen molar-refractivity contribution >= 4 is 17.7 Å². The topological polar surface area (TPSA) is 35.5 Å². The van der Waals surface area contributed by atoms with E-state index in [1.54, 1.807) is 25.8 Å². The van der Waals surface area contributed by atoms with Gasteiger partial charge < -0.3 is 9.47 Å². The summed E-state index contributed by atoms with van der Waals surface area (Å²) in [6, 6.07) is 0. The Kier molecular flexibility index (Phi) is 4.44. The Morgan fingerprint density at radius 2 is 2.19 bits per heavy atom. The highest BCUT2D eigenvalue weighted by molar-refractivity contribution is 7.99. The first-order chi connectivity index (χ1) is 7.42. The summed E-state index contributed by atoms with van der Waals surface area (Å²) < 4.78 is 10.9. The fraction of sp³-hybridized carbons (Fsp3) is 0.750. The van der Waals surface area contributed by atoms with Crippen LogP contribution in [0.2, 0.25) is 0 Å². The summed E-state index contributed by atoms with van der Waals surface area (Å²) in [5, 5.41) is 0.292. The van der Waals surface area contributed by atoms with Gasteiger partial charge in [0.2, 0.25) is 0 Å². The van der Waals surface area contributed by atoms with E-state index < -0.39 is 5.60 Å². The van der Waals surface area contributed by atoms with Gasteiger partial charge >= 0.3 is 5.97 Å². The molecular weight excluding hydrogens is 224 g/mol. The van der Waals surface area contributed by atoms with Gasteiger partial charge in [-0.05, 0) is 26.5 Å². The van der Waals surface area contributed by atoms with Crippen LogP contribution in [0.4, 0.5) is 0 Å². The van der Waals surface area contributed by atoms with E-state index in [1.165, 1.54) is 0 Å². The summed E-state index contributed by atoms with van der Waals surface area (Å²) in [5.74, 6) is -0.307. The molecule has 1 fully saturated rings. The Hall–Kier alpha value is -0.480. The van der Waals surface area contributed by atoms with Crippen LogP contribution in [0.15, 0.2) is 12.2 Å². The normalized spacial score (nSPS) is 33.8. The molecule has 0 aromatic heterocycles. The summed E-state index contributed by atoms with van der Waals surface area (Å²) in [7, 11) is 1.70. The molecule has 0 aromatic rings. The van der Waals surface area contributed by atoms with Crippen molar-refractivity contribution in [2.75, 3.05) is 13.4 Å². The molecular formula is C12H20O3S. The highest BCUT2D eigenvalue weighted by Crippen LogP contribution is 2.41. The fourth-order valence-corrected chi connectivity index (χ4v) is 3.14. The fourth-order valence-electron chi connectivity index (χ4n) is 2.09. The van der Waals surface area contributed by atoms with Crippen molar-refractivity contribution in [3.63, 3.8) is 0 Å². The molecule has 16 heavy (non-hydrogen) atoms. The van der Waals surface area contributed by atoms with Gasteiger partial charge in [-0.15, -0.1) is 0 Å². The Balaban J connectivity index is 2.74. The van der Waals surface area contributed by atoms with Gasteiger partial charge in [0, 0.05) is 24.4 Å². The van der Waals surface area contributed by atoms with E-state index in [1.807, 2.05) is 13.2 Å². The second-order valence-corrected chi connectivity index (χ2v) is 5.54. The number of carbonyl (C=O) groups is 1. The molecule has 0 aliphatic heterocycles. The van der Waals surface area contributed by atoms with E-state index in [-0.39, 0.29) is 12.1 Å². The van der Waals surface area contributed by atoms with Crippen LogP contribution in [0, 0.1) is 0 Å². The number of hydrogen-bond donors (Lipinski definition) is 0. The van der Waals surface area contributed by atoms with Crippen molar-refractivity contribution in [3.05, 3.63) is 12.2 Å². The number of hydrogen-bond acceptors (Lipinski definition) is 4. The average molecular weight is 244 g/mol. The molecule has 0 heterocycles. The molecule has 0 amide bonds. The maximum Gasteiger partial charge on any atom is 0.333 e. The lowest BCUT2D eigenvalue weighted by Gasteiger charge is -2.30. The highest BCUT2D eigenvalue weighted by atomic mass is 32.2. The van der Waals surface area contributed by atoms with Crippen LogP contribution >= 0.6 is 11.8 Å². The molecule has 3 atom stereocenters. The van der Waals surface area contributed by atoms with Crippen LogP contribution in [-0.4, -0.2) is 36.3 Å². The third-order valence-corrected chi connectivity index (χ3v) is 4.34. The summed E-state index contributed by atoms with van der Waals surface area (Å²) in [6.07, 6.45) is 3.90. The number of ether oxygens (including phenoxy) is 2. The summed E-state index contributed by atoms with van der Waals surface area (Å²) in [4.78, 5) is 11.6. The highest BCUT2D eigenvalue weighted by Gasteiger charge is 2.46. The van der Waals surface area contributed by atoms with Crippen molar-refractivity contribution in [1.82, 2.24) is 0 Å². The molecule has 1 aliphatic rings. The van der Waals surface area contributed by atoms with Crippen LogP contribution < -0.4 is 0 Å². The summed E-state index contributed by atoms with van der Waals surface area (Å²) in [6.45, 7) is 7.26. The van der Waals surface area contributed by atoms with Crippen molar-refractivity contribution in [3.8, 4) is 0 Å². The van der Waals surface area contributed by atoms with E-state index in [2.05, 4.69) is 6.58 Å². The van der Waals surface area contributed by atoms with E-state index in [0.717, 1.165) is 12.8 Å². The molecule has 0 aromatic carbocycles. The maximum atomic E-state index is 11.6. The van der Waals surface area contributed by atoms with Crippen LogP contribution in [-0.2, 0) is 14.3 Å². The zero-order valence-corrected chi connectivity index (χ0v) is 11.2. The number of esters is 1. The van der Waals surface area contributed by atoms with Crippen molar-refractivity contribution in [2.45, 2.75) is 43.6 Å². The molecule has 4 heteroatoms. The first-order valence-corrected chi connectivity index (χ1v) is 6.66. The molecule has 0 radical (unpaired) electrons. The van der Waals surface area contributed by atoms with Crippen LogP contribution in [0.25, 0.3) is 0 Å². The van der Waals surface area contributed by atoms with Crippen molar-refractivity contribution in [1.29, 1.82) is 0 Å². The quantitative estimate of drug-likeness (QED) is 0.562. The first kappa shape index (κ1) is 13.6. The minimum Gasteiger partial charge on any atom is -0.455 e. The van der Waals surface area contributed by atoms with Gasteiger partial charge in [0.25, 0.3) is 0 Å². The number of methoxy groups -OCH3 is 1. The minimum atomic E-state index is -0.434. The molecule has 1 rings (SSSR count). The SMILES string of the molecule is C=C(C)C(=O)OC1(C)CC(OC)CC1SC. The number of carbonyl (C=O) groups excluding carboxylic acids is 1. The Morgan fingerprint density at radius 3 is 2.62 bits per heavy atom. The summed E-state index contributed by atoms with van der Waals surface area (Å²) in [5.41, 5.74) is 0.0118. The second-order valence-electron chi connectivity index (χ2n) is 4.50. The smallest absolute Gasteiger partial charge is 0.333 e. The largest absolute Gasteiger partial charge is 0.455 e. The Labute approximate surface area is 102 Å². The zero-order valence-electron chi connectivity index (χ0n) is 10.4. The van der Waals surface area contributed by atoms with E-state index >= 15 is 0 Å². The predicted molar refractivity (Wildman–Crippen MR) is 66.6 cm³/mol. The number of thioether (sulfide) groups is 1. The van der Waals surface area contributed by atoms with Crippen LogP contribution in [0.3, 0.4) is 0 Å². The lowest BCUT2D eigenvalue weighted by molar-refractivity contribution is -0.152. The molecule has 0 bridgehead atoms. The molecule has 1 saturated carbocycles. The van der Waals surface area contributed by atoms with Crippen LogP contribution in [0.5, 0.6) is 0 Å². The molecule has 0 saturated heterocycles. The minimum absolute atomic E-state index is 0.181. The number of rotatable bonds is 4. The Morgan fingerprint density at radius 1 is 1.56 bits per heavy atom. The third-order valence-electron chi connectivity index (χ3n) is 3.08. The van der Waals surface area contributed by atoms with Crippen molar-refractivity contribution < 1.29 is 14.3 Å². The Bertz CT molecular complexity index is 290. The molecule has 3 nitrogen and oxygen atoms in total. The second kappa shape index (κ2) is 5.23. The van der Waals surface area contributed by atoms with E-state index in [4.69, 9.17) is 9.47 Å². The molecule has 3 unspecified atom stereocenters. The third kappa shape index (κ3) is 2.80. The van der Waals surface area contributed by atoms with Crippen LogP contribution in [0.1, 0.15) is 26.7 Å². The monoisotopic (exact) mass is 244 g/mol. The zero-order chi connectivity index (χ0) is 12.3. The standard InChI is InChI=1S/C12H20O3S/c1-8(2)11(13)15-12(3)7-9(14-4)6-10(12)16-5/h9-10H,1,6-7H2,2-5H3. The lowest BCUT2D eigenvalue weighted by Crippen LogP contribution is -2.37. The van der Waals surface area contributed by atoms with Gasteiger partial charge in [0.1, 0.15) is 5.60 Å². The van der Waals surface area contributed by atoms with Gasteiger partial charge in [-0.25, -0.2) is 4.79 Å². The molecule has 0 N–H and O–H groups in total. The van der Waals surface area contributed by atoms with E-state index in [9.17, 15) is 4.79 Å². The lowest BCUT2D eigenvalue weighted by atomic mass is 10.0. The molecule has 92 valence electrons. The maximum absolute atomic E-state index is 11.6. The molecule has 1 aliphatic carbocycles. The van der Waals surface area contributed by atoms with Crippen molar-refractivity contribution in [2.24, 2.45) is 0 Å². The van der Waals surface area contributed by atoms with Gasteiger partial charge in [0.05, 0.1) is 6.10 Å². The van der Waals surface area contributed by atoms with E-state index in [0.29, 0.717) is 10.8 Å². The van der Waals surface area contributed by atoms with Gasteiger partial charge in [0.15, 0.2) is 0 Å². The average Bonchev–Trinajstić information content (AvgIpc) is 2.54. The van der Waals surface area contributed by atoms with Gasteiger partial charge in [-0.3, -0.25) is 0 Å².